The van der Waals surface area contributed by atoms with Gasteiger partial charge in [-0.15, -0.1) is 0 Å². The highest BCUT2D eigenvalue weighted by atomic mass is 16.5. The summed E-state index contributed by atoms with van der Waals surface area (Å²) in [6.07, 6.45) is 4.52. The summed E-state index contributed by atoms with van der Waals surface area (Å²) >= 11 is 0. The Morgan fingerprint density at radius 1 is 1.18 bits per heavy atom. The summed E-state index contributed by atoms with van der Waals surface area (Å²) in [7, 11) is 0. The third-order valence-electron chi connectivity index (χ3n) is 3.59. The first-order valence-electron chi connectivity index (χ1n) is 6.77. The Kier molecular flexibility index (Phi) is 4.57. The molecule has 94 valence electrons. The molecule has 1 aliphatic rings. The van der Waals surface area contributed by atoms with Crippen molar-refractivity contribution < 1.29 is 4.74 Å². The third kappa shape index (κ3) is 3.08. The molecule has 2 rings (SSSR count). The van der Waals surface area contributed by atoms with Crippen LogP contribution in [0.2, 0.25) is 0 Å². The largest absolute Gasteiger partial charge is 0.370 e. The molecule has 0 spiro atoms. The van der Waals surface area contributed by atoms with Gasteiger partial charge in [-0.3, -0.25) is 0 Å². The van der Waals surface area contributed by atoms with E-state index in [0.29, 0.717) is 0 Å². The van der Waals surface area contributed by atoms with Gasteiger partial charge in [-0.2, -0.15) is 0 Å². The lowest BCUT2D eigenvalue weighted by molar-refractivity contribution is -0.0723. The molecule has 1 saturated heterocycles. The summed E-state index contributed by atoms with van der Waals surface area (Å²) in [6, 6.07) is 10.7. The Balaban J connectivity index is 2.11. The molecule has 0 bridgehead atoms. The maximum Gasteiger partial charge on any atom is 0.0955 e. The van der Waals surface area contributed by atoms with E-state index in [-0.39, 0.29) is 5.60 Å². The zero-order chi connectivity index (χ0) is 12.0. The zero-order valence-corrected chi connectivity index (χ0v) is 10.7. The standard InChI is InChI=1S/C15H23NO/c1-2-3-13-17-15(9-11-16-12-10-15)14-7-5-4-6-8-14/h4-8,16H,2-3,9-13H2,1H3. The summed E-state index contributed by atoms with van der Waals surface area (Å²) in [5.74, 6) is 0. The average Bonchev–Trinajstić information content (AvgIpc) is 2.41. The number of benzene rings is 1. The molecule has 1 fully saturated rings. The summed E-state index contributed by atoms with van der Waals surface area (Å²) in [4.78, 5) is 0. The van der Waals surface area contributed by atoms with Crippen molar-refractivity contribution in [1.82, 2.24) is 5.32 Å². The van der Waals surface area contributed by atoms with E-state index in [0.717, 1.165) is 39.0 Å². The molecule has 17 heavy (non-hydrogen) atoms. The molecule has 1 aromatic carbocycles. The predicted molar refractivity (Wildman–Crippen MR) is 71.1 cm³/mol. The van der Waals surface area contributed by atoms with Gasteiger partial charge in [0.25, 0.3) is 0 Å². The molecule has 1 aromatic rings. The van der Waals surface area contributed by atoms with Crippen LogP contribution in [0.15, 0.2) is 30.3 Å². The first-order chi connectivity index (χ1) is 8.37. The summed E-state index contributed by atoms with van der Waals surface area (Å²) in [6.45, 7) is 5.20. The highest BCUT2D eigenvalue weighted by molar-refractivity contribution is 5.23. The zero-order valence-electron chi connectivity index (χ0n) is 10.7. The number of rotatable bonds is 5. The highest BCUT2D eigenvalue weighted by Crippen LogP contribution is 2.34. The Morgan fingerprint density at radius 2 is 1.88 bits per heavy atom. The molecule has 0 aliphatic carbocycles. The van der Waals surface area contributed by atoms with E-state index in [9.17, 15) is 0 Å². The molecule has 0 atom stereocenters. The first kappa shape index (κ1) is 12.6. The second kappa shape index (κ2) is 6.18. The van der Waals surface area contributed by atoms with E-state index in [4.69, 9.17) is 4.74 Å². The van der Waals surface area contributed by atoms with Crippen LogP contribution in [-0.2, 0) is 10.3 Å². The van der Waals surface area contributed by atoms with Crippen molar-refractivity contribution >= 4 is 0 Å². The quantitative estimate of drug-likeness (QED) is 0.789. The van der Waals surface area contributed by atoms with Gasteiger partial charge in [0.15, 0.2) is 0 Å². The summed E-state index contributed by atoms with van der Waals surface area (Å²) in [5.41, 5.74) is 1.31. The molecular weight excluding hydrogens is 210 g/mol. The topological polar surface area (TPSA) is 21.3 Å². The lowest BCUT2D eigenvalue weighted by atomic mass is 9.85. The average molecular weight is 233 g/mol. The van der Waals surface area contributed by atoms with Crippen LogP contribution in [0.5, 0.6) is 0 Å². The van der Waals surface area contributed by atoms with Crippen molar-refractivity contribution in [3.05, 3.63) is 35.9 Å². The Hall–Kier alpha value is -0.860. The number of hydrogen-bond acceptors (Lipinski definition) is 2. The SMILES string of the molecule is CCCCOC1(c2ccccc2)CCNCC1. The minimum Gasteiger partial charge on any atom is -0.370 e. The Morgan fingerprint density at radius 3 is 2.53 bits per heavy atom. The lowest BCUT2D eigenvalue weighted by Gasteiger charge is -2.38. The molecule has 0 amide bonds. The molecule has 0 radical (unpaired) electrons. The van der Waals surface area contributed by atoms with E-state index < -0.39 is 0 Å². The molecule has 0 aromatic heterocycles. The molecule has 0 saturated carbocycles. The predicted octanol–water partition coefficient (Wildman–Crippen LogP) is 3.08. The fourth-order valence-corrected chi connectivity index (χ4v) is 2.50. The van der Waals surface area contributed by atoms with Crippen molar-refractivity contribution in [2.75, 3.05) is 19.7 Å². The van der Waals surface area contributed by atoms with Crippen LogP contribution in [0.1, 0.15) is 38.2 Å². The van der Waals surface area contributed by atoms with Gasteiger partial charge < -0.3 is 10.1 Å². The van der Waals surface area contributed by atoms with Gasteiger partial charge in [-0.25, -0.2) is 0 Å². The molecule has 2 nitrogen and oxygen atoms in total. The van der Waals surface area contributed by atoms with Crippen LogP contribution in [0.3, 0.4) is 0 Å². The number of hydrogen-bond donors (Lipinski definition) is 1. The van der Waals surface area contributed by atoms with Gasteiger partial charge in [0.05, 0.1) is 5.60 Å². The van der Waals surface area contributed by atoms with E-state index in [1.165, 1.54) is 12.0 Å². The van der Waals surface area contributed by atoms with Crippen molar-refractivity contribution in [2.24, 2.45) is 0 Å². The minimum absolute atomic E-state index is 0.0400. The first-order valence-corrected chi connectivity index (χ1v) is 6.77. The van der Waals surface area contributed by atoms with E-state index in [1.807, 2.05) is 0 Å². The van der Waals surface area contributed by atoms with Crippen molar-refractivity contribution in [1.29, 1.82) is 0 Å². The molecule has 1 heterocycles. The molecular formula is C15H23NO. The van der Waals surface area contributed by atoms with Crippen LogP contribution in [0.25, 0.3) is 0 Å². The second-order valence-corrected chi connectivity index (χ2v) is 4.81. The number of unbranched alkanes of at least 4 members (excludes halogenated alkanes) is 1. The van der Waals surface area contributed by atoms with Gasteiger partial charge in [0.2, 0.25) is 0 Å². The van der Waals surface area contributed by atoms with E-state index in [2.05, 4.69) is 42.6 Å². The molecule has 2 heteroatoms. The maximum absolute atomic E-state index is 6.26. The Labute approximate surface area is 104 Å². The number of ether oxygens (including phenoxy) is 1. The highest BCUT2D eigenvalue weighted by Gasteiger charge is 2.34. The summed E-state index contributed by atoms with van der Waals surface area (Å²) < 4.78 is 6.26. The lowest BCUT2D eigenvalue weighted by Crippen LogP contribution is -2.42. The monoisotopic (exact) mass is 233 g/mol. The number of nitrogens with one attached hydrogen (secondary N) is 1. The third-order valence-corrected chi connectivity index (χ3v) is 3.59. The Bertz CT molecular complexity index is 317. The summed E-state index contributed by atoms with van der Waals surface area (Å²) in [5, 5.41) is 3.42. The van der Waals surface area contributed by atoms with Gasteiger partial charge in [-0.1, -0.05) is 43.7 Å². The second-order valence-electron chi connectivity index (χ2n) is 4.81. The van der Waals surface area contributed by atoms with Gasteiger partial charge >= 0.3 is 0 Å². The smallest absolute Gasteiger partial charge is 0.0955 e. The van der Waals surface area contributed by atoms with Gasteiger partial charge in [0.1, 0.15) is 0 Å². The van der Waals surface area contributed by atoms with Crippen LogP contribution >= 0.6 is 0 Å². The van der Waals surface area contributed by atoms with Crippen molar-refractivity contribution in [3.8, 4) is 0 Å². The fourth-order valence-electron chi connectivity index (χ4n) is 2.50. The van der Waals surface area contributed by atoms with E-state index in [1.54, 1.807) is 0 Å². The van der Waals surface area contributed by atoms with Crippen LogP contribution in [-0.4, -0.2) is 19.7 Å². The van der Waals surface area contributed by atoms with Crippen molar-refractivity contribution in [3.63, 3.8) is 0 Å². The van der Waals surface area contributed by atoms with E-state index >= 15 is 0 Å². The molecule has 1 aliphatic heterocycles. The van der Waals surface area contributed by atoms with Crippen LogP contribution in [0, 0.1) is 0 Å². The molecule has 0 unspecified atom stereocenters. The normalized spacial score (nSPS) is 19.1. The van der Waals surface area contributed by atoms with Crippen LogP contribution in [0.4, 0.5) is 0 Å². The minimum atomic E-state index is -0.0400. The van der Waals surface area contributed by atoms with Crippen molar-refractivity contribution in [2.45, 2.75) is 38.2 Å². The maximum atomic E-state index is 6.26. The van der Waals surface area contributed by atoms with Gasteiger partial charge in [0, 0.05) is 6.61 Å². The number of piperidine rings is 1. The molecule has 1 N–H and O–H groups in total. The fraction of sp³-hybridized carbons (Fsp3) is 0.600. The van der Waals surface area contributed by atoms with Crippen LogP contribution < -0.4 is 5.32 Å². The van der Waals surface area contributed by atoms with Gasteiger partial charge in [-0.05, 0) is 37.9 Å².